The first-order valence-electron chi connectivity index (χ1n) is 8.01. The Morgan fingerprint density at radius 3 is 2.90 bits per heavy atom. The second-order valence-corrected chi connectivity index (χ2v) is 6.26. The van der Waals surface area contributed by atoms with Crippen molar-refractivity contribution < 1.29 is 4.39 Å². The molecule has 1 aromatic carbocycles. The van der Waals surface area contributed by atoms with Gasteiger partial charge in [0.1, 0.15) is 5.82 Å². The van der Waals surface area contributed by atoms with Crippen molar-refractivity contribution in [2.75, 3.05) is 6.54 Å². The van der Waals surface area contributed by atoms with Crippen LogP contribution in [0.3, 0.4) is 0 Å². The molecule has 1 saturated heterocycles. The van der Waals surface area contributed by atoms with E-state index >= 15 is 0 Å². The van der Waals surface area contributed by atoms with Crippen molar-refractivity contribution in [3.8, 4) is 0 Å². The van der Waals surface area contributed by atoms with Gasteiger partial charge in [-0.1, -0.05) is 19.1 Å². The van der Waals surface area contributed by atoms with Gasteiger partial charge in [0.25, 0.3) is 0 Å². The van der Waals surface area contributed by atoms with Crippen LogP contribution >= 0.6 is 0 Å². The minimum absolute atomic E-state index is 0.0538. The van der Waals surface area contributed by atoms with E-state index in [2.05, 4.69) is 23.2 Å². The molecule has 0 amide bonds. The molecular weight excluding hydrogens is 251 g/mol. The largest absolute Gasteiger partial charge is 0.310 e. The number of benzene rings is 1. The number of rotatable bonds is 6. The second-order valence-electron chi connectivity index (χ2n) is 6.26. The third-order valence-electron chi connectivity index (χ3n) is 4.63. The number of hydrogen-bond acceptors (Lipinski definition) is 2. The van der Waals surface area contributed by atoms with Gasteiger partial charge in [0.05, 0.1) is 0 Å². The van der Waals surface area contributed by atoms with Crippen LogP contribution in [0.1, 0.15) is 50.2 Å². The molecule has 1 atom stereocenters. The first kappa shape index (κ1) is 14.0. The molecule has 0 bridgehead atoms. The molecule has 0 aromatic heterocycles. The minimum Gasteiger partial charge on any atom is -0.310 e. The lowest BCUT2D eigenvalue weighted by Crippen LogP contribution is -2.28. The van der Waals surface area contributed by atoms with Crippen LogP contribution in [0.5, 0.6) is 0 Å². The molecule has 0 spiro atoms. The van der Waals surface area contributed by atoms with E-state index in [9.17, 15) is 4.39 Å². The summed E-state index contributed by atoms with van der Waals surface area (Å²) in [5.74, 6) is -0.0538. The molecule has 3 rings (SSSR count). The summed E-state index contributed by atoms with van der Waals surface area (Å²) in [5, 5.41) is 3.50. The van der Waals surface area contributed by atoms with Gasteiger partial charge in [-0.25, -0.2) is 4.39 Å². The molecule has 1 aliphatic carbocycles. The Balaban J connectivity index is 1.65. The Hall–Kier alpha value is -0.930. The van der Waals surface area contributed by atoms with Gasteiger partial charge >= 0.3 is 0 Å². The smallest absolute Gasteiger partial charge is 0.127 e. The monoisotopic (exact) mass is 276 g/mol. The summed E-state index contributed by atoms with van der Waals surface area (Å²) in [6.07, 6.45) is 6.27. The fourth-order valence-electron chi connectivity index (χ4n) is 3.19. The number of hydrogen-bond donors (Lipinski definition) is 1. The SMILES string of the molecule is CCC1CCCN1Cc1cc(CNC2CC2)ccc1F. The molecule has 1 N–H and O–H groups in total. The Morgan fingerprint density at radius 2 is 2.15 bits per heavy atom. The van der Waals surface area contributed by atoms with Gasteiger partial charge in [-0.2, -0.15) is 0 Å². The summed E-state index contributed by atoms with van der Waals surface area (Å²) in [7, 11) is 0. The molecule has 1 heterocycles. The van der Waals surface area contributed by atoms with Crippen LogP contribution in [0.2, 0.25) is 0 Å². The zero-order chi connectivity index (χ0) is 13.9. The lowest BCUT2D eigenvalue weighted by atomic mass is 10.1. The fraction of sp³-hybridized carbons (Fsp3) is 0.647. The predicted molar refractivity (Wildman–Crippen MR) is 80.0 cm³/mol. The molecule has 1 aromatic rings. The predicted octanol–water partition coefficient (Wildman–Crippen LogP) is 3.45. The Kier molecular flexibility index (Phi) is 4.37. The lowest BCUT2D eigenvalue weighted by molar-refractivity contribution is 0.237. The van der Waals surface area contributed by atoms with Crippen molar-refractivity contribution in [1.82, 2.24) is 10.2 Å². The summed E-state index contributed by atoms with van der Waals surface area (Å²) >= 11 is 0. The maximum Gasteiger partial charge on any atom is 0.127 e. The van der Waals surface area contributed by atoms with Crippen molar-refractivity contribution in [3.63, 3.8) is 0 Å². The Labute approximate surface area is 121 Å². The topological polar surface area (TPSA) is 15.3 Å². The van der Waals surface area contributed by atoms with Crippen LogP contribution < -0.4 is 5.32 Å². The second kappa shape index (κ2) is 6.23. The molecule has 0 radical (unpaired) electrons. The maximum atomic E-state index is 14.0. The van der Waals surface area contributed by atoms with Crippen molar-refractivity contribution in [3.05, 3.63) is 35.1 Å². The molecule has 110 valence electrons. The van der Waals surface area contributed by atoms with Crippen LogP contribution in [0.4, 0.5) is 4.39 Å². The van der Waals surface area contributed by atoms with Crippen LogP contribution in [0.15, 0.2) is 18.2 Å². The Morgan fingerprint density at radius 1 is 1.30 bits per heavy atom. The van der Waals surface area contributed by atoms with Gasteiger partial charge in [0.15, 0.2) is 0 Å². The third kappa shape index (κ3) is 3.39. The van der Waals surface area contributed by atoms with E-state index < -0.39 is 0 Å². The number of likely N-dealkylation sites (tertiary alicyclic amines) is 1. The first-order chi connectivity index (χ1) is 9.76. The molecule has 3 heteroatoms. The molecule has 20 heavy (non-hydrogen) atoms. The molecule has 2 nitrogen and oxygen atoms in total. The van der Waals surface area contributed by atoms with Gasteiger partial charge in [0.2, 0.25) is 0 Å². The summed E-state index contributed by atoms with van der Waals surface area (Å²) in [4.78, 5) is 2.44. The average Bonchev–Trinajstić information content (AvgIpc) is 3.18. The van der Waals surface area contributed by atoms with Crippen LogP contribution in [0.25, 0.3) is 0 Å². The molecular formula is C17H25FN2. The average molecular weight is 276 g/mol. The summed E-state index contributed by atoms with van der Waals surface area (Å²) in [6.45, 7) is 4.98. The fourth-order valence-corrected chi connectivity index (χ4v) is 3.19. The lowest BCUT2D eigenvalue weighted by Gasteiger charge is -2.23. The van der Waals surface area contributed by atoms with Gasteiger partial charge in [-0.05, 0) is 50.3 Å². The molecule has 2 fully saturated rings. The van der Waals surface area contributed by atoms with Crippen LogP contribution in [-0.4, -0.2) is 23.5 Å². The van der Waals surface area contributed by atoms with Crippen molar-refractivity contribution in [1.29, 1.82) is 0 Å². The highest BCUT2D eigenvalue weighted by atomic mass is 19.1. The zero-order valence-corrected chi connectivity index (χ0v) is 12.4. The van der Waals surface area contributed by atoms with E-state index in [4.69, 9.17) is 0 Å². The zero-order valence-electron chi connectivity index (χ0n) is 12.4. The Bertz CT molecular complexity index is 456. The molecule has 1 aliphatic heterocycles. The van der Waals surface area contributed by atoms with E-state index in [0.717, 1.165) is 25.2 Å². The highest BCUT2D eigenvalue weighted by Gasteiger charge is 2.24. The van der Waals surface area contributed by atoms with Gasteiger partial charge in [-0.15, -0.1) is 0 Å². The number of halogens is 1. The molecule has 1 unspecified atom stereocenters. The normalized spacial score (nSPS) is 23.4. The van der Waals surface area contributed by atoms with E-state index in [0.29, 0.717) is 12.1 Å². The van der Waals surface area contributed by atoms with Gasteiger partial charge in [0, 0.05) is 30.7 Å². The van der Waals surface area contributed by atoms with Gasteiger partial charge in [-0.3, -0.25) is 4.90 Å². The van der Waals surface area contributed by atoms with Crippen molar-refractivity contribution in [2.24, 2.45) is 0 Å². The third-order valence-corrected chi connectivity index (χ3v) is 4.63. The highest BCUT2D eigenvalue weighted by Crippen LogP contribution is 2.24. The number of nitrogens with one attached hydrogen (secondary N) is 1. The van der Waals surface area contributed by atoms with Crippen LogP contribution in [-0.2, 0) is 13.1 Å². The van der Waals surface area contributed by atoms with Crippen LogP contribution in [0, 0.1) is 5.82 Å². The molecule has 2 aliphatic rings. The first-order valence-corrected chi connectivity index (χ1v) is 8.01. The summed E-state index contributed by atoms with van der Waals surface area (Å²) < 4.78 is 14.0. The highest BCUT2D eigenvalue weighted by molar-refractivity contribution is 5.25. The standard InChI is InChI=1S/C17H25FN2/c1-2-16-4-3-9-20(16)12-14-10-13(5-8-17(14)18)11-19-15-6-7-15/h5,8,10,15-16,19H,2-4,6-7,9,11-12H2,1H3. The van der Waals surface area contributed by atoms with E-state index in [1.807, 2.05) is 6.07 Å². The maximum absolute atomic E-state index is 14.0. The van der Waals surface area contributed by atoms with Gasteiger partial charge < -0.3 is 5.32 Å². The summed E-state index contributed by atoms with van der Waals surface area (Å²) in [6, 6.07) is 6.94. The molecule has 1 saturated carbocycles. The van der Waals surface area contributed by atoms with E-state index in [-0.39, 0.29) is 5.82 Å². The minimum atomic E-state index is -0.0538. The van der Waals surface area contributed by atoms with Crippen molar-refractivity contribution >= 4 is 0 Å². The quantitative estimate of drug-likeness (QED) is 0.856. The summed E-state index contributed by atoms with van der Waals surface area (Å²) in [5.41, 5.74) is 2.07. The van der Waals surface area contributed by atoms with Crippen molar-refractivity contribution in [2.45, 2.75) is 64.2 Å². The van der Waals surface area contributed by atoms with E-state index in [1.165, 1.54) is 37.7 Å². The van der Waals surface area contributed by atoms with E-state index in [1.54, 1.807) is 6.07 Å². The number of nitrogens with zero attached hydrogens (tertiary/aromatic N) is 1.